The van der Waals surface area contributed by atoms with Gasteiger partial charge in [0.25, 0.3) is 0 Å². The van der Waals surface area contributed by atoms with E-state index in [-0.39, 0.29) is 5.75 Å². The van der Waals surface area contributed by atoms with Gasteiger partial charge in [-0.25, -0.2) is 0 Å². The first-order chi connectivity index (χ1) is 21.7. The number of hydrogen-bond donors (Lipinski definition) is 2. The standard InChI is InChI=1S/C40H26N2OS/c43-36-20-21-37-39(32-19-14-28(24-38(32)44-37)25-8-2-1-3-9-25)40(36)41-29-15-17-30(18-16-29)42-34-13-7-6-12-31(34)33-22-26-10-4-5-11-27(26)23-35(33)42/h1-24,41,43H. The third kappa shape index (κ3) is 3.89. The number of fused-ring (bicyclic) bond motifs is 7. The fraction of sp³-hybridized carbons (Fsp3) is 0. The maximum absolute atomic E-state index is 11.0. The van der Waals surface area contributed by atoms with Crippen molar-refractivity contribution in [2.45, 2.75) is 0 Å². The van der Waals surface area contributed by atoms with Gasteiger partial charge in [0.1, 0.15) is 5.75 Å². The van der Waals surface area contributed by atoms with Crippen LogP contribution in [0.4, 0.5) is 11.4 Å². The average molecular weight is 583 g/mol. The first kappa shape index (κ1) is 25.0. The number of nitrogens with zero attached hydrogens (tertiary/aromatic N) is 1. The second kappa shape index (κ2) is 9.73. The maximum atomic E-state index is 11.0. The molecule has 0 atom stereocenters. The Hall–Kier alpha value is -5.58. The predicted molar refractivity (Wildman–Crippen MR) is 188 cm³/mol. The van der Waals surface area contributed by atoms with Gasteiger partial charge < -0.3 is 15.0 Å². The lowest BCUT2D eigenvalue weighted by molar-refractivity contribution is 0.478. The number of benzene rings is 7. The van der Waals surface area contributed by atoms with Gasteiger partial charge in [0.05, 0.1) is 16.7 Å². The molecule has 0 unspecified atom stereocenters. The lowest BCUT2D eigenvalue weighted by Gasteiger charge is -2.13. The summed E-state index contributed by atoms with van der Waals surface area (Å²) in [5.41, 5.74) is 7.50. The van der Waals surface area contributed by atoms with Crippen LogP contribution in [0.2, 0.25) is 0 Å². The molecule has 0 amide bonds. The lowest BCUT2D eigenvalue weighted by atomic mass is 10.0. The smallest absolute Gasteiger partial charge is 0.139 e. The molecule has 3 nitrogen and oxygen atoms in total. The molecule has 9 rings (SSSR count). The van der Waals surface area contributed by atoms with Crippen molar-refractivity contribution < 1.29 is 5.11 Å². The molecule has 0 saturated carbocycles. The number of phenolic OH excluding ortho intramolecular Hbond substituents is 1. The van der Waals surface area contributed by atoms with E-state index in [0.29, 0.717) is 0 Å². The summed E-state index contributed by atoms with van der Waals surface area (Å²) in [6.07, 6.45) is 0. The van der Waals surface area contributed by atoms with Gasteiger partial charge in [0, 0.05) is 42.3 Å². The van der Waals surface area contributed by atoms with E-state index in [9.17, 15) is 5.11 Å². The van der Waals surface area contributed by atoms with Gasteiger partial charge in [-0.15, -0.1) is 11.3 Å². The first-order valence-electron chi connectivity index (χ1n) is 14.7. The highest BCUT2D eigenvalue weighted by Gasteiger charge is 2.16. The number of aromatic hydroxyl groups is 1. The van der Waals surface area contributed by atoms with Crippen molar-refractivity contribution in [1.82, 2.24) is 4.57 Å². The van der Waals surface area contributed by atoms with E-state index in [1.54, 1.807) is 17.4 Å². The summed E-state index contributed by atoms with van der Waals surface area (Å²) >= 11 is 1.75. The molecule has 0 radical (unpaired) electrons. The van der Waals surface area contributed by atoms with Gasteiger partial charge >= 0.3 is 0 Å². The molecule has 2 N–H and O–H groups in total. The first-order valence-corrected chi connectivity index (χ1v) is 15.6. The molecule has 9 aromatic rings. The molecule has 0 fully saturated rings. The Balaban J connectivity index is 1.13. The van der Waals surface area contributed by atoms with Crippen LogP contribution < -0.4 is 5.32 Å². The summed E-state index contributed by atoms with van der Waals surface area (Å²) in [5.74, 6) is 0.239. The molecule has 0 aliphatic rings. The zero-order valence-corrected chi connectivity index (χ0v) is 24.5. The molecule has 208 valence electrons. The summed E-state index contributed by atoms with van der Waals surface area (Å²) in [5, 5.41) is 21.7. The Bertz CT molecular complexity index is 2520. The van der Waals surface area contributed by atoms with E-state index in [1.165, 1.54) is 48.4 Å². The minimum absolute atomic E-state index is 0.239. The van der Waals surface area contributed by atoms with E-state index >= 15 is 0 Å². The van der Waals surface area contributed by atoms with Crippen LogP contribution in [0.25, 0.3) is 69.6 Å². The Morgan fingerprint density at radius 1 is 0.523 bits per heavy atom. The van der Waals surface area contributed by atoms with Crippen molar-refractivity contribution in [2.75, 3.05) is 5.32 Å². The average Bonchev–Trinajstić information content (AvgIpc) is 3.61. The fourth-order valence-corrected chi connectivity index (χ4v) is 7.72. The molecule has 4 heteroatoms. The molecule has 0 aliphatic carbocycles. The third-order valence-corrected chi connectivity index (χ3v) is 9.78. The molecule has 0 spiro atoms. The molecule has 2 aromatic heterocycles. The van der Waals surface area contributed by atoms with Crippen LogP contribution in [0, 0.1) is 0 Å². The van der Waals surface area contributed by atoms with Crippen molar-refractivity contribution in [3.63, 3.8) is 0 Å². The largest absolute Gasteiger partial charge is 0.506 e. The second-order valence-electron chi connectivity index (χ2n) is 11.3. The second-order valence-corrected chi connectivity index (χ2v) is 12.3. The van der Waals surface area contributed by atoms with Crippen LogP contribution in [-0.4, -0.2) is 9.67 Å². The van der Waals surface area contributed by atoms with E-state index in [4.69, 9.17) is 0 Å². The number of phenols is 1. The minimum Gasteiger partial charge on any atom is -0.506 e. The number of anilines is 2. The highest BCUT2D eigenvalue weighted by Crippen LogP contribution is 2.44. The van der Waals surface area contributed by atoms with Gasteiger partial charge in [-0.2, -0.15) is 0 Å². The summed E-state index contributed by atoms with van der Waals surface area (Å²) in [6.45, 7) is 0. The van der Waals surface area contributed by atoms with Crippen LogP contribution in [0.15, 0.2) is 146 Å². The molecular formula is C40H26N2OS. The van der Waals surface area contributed by atoms with Crippen LogP contribution in [0.1, 0.15) is 0 Å². The molecule has 44 heavy (non-hydrogen) atoms. The van der Waals surface area contributed by atoms with E-state index in [2.05, 4.69) is 137 Å². The molecule has 2 heterocycles. The van der Waals surface area contributed by atoms with Crippen molar-refractivity contribution in [3.8, 4) is 22.6 Å². The summed E-state index contributed by atoms with van der Waals surface area (Å²) < 4.78 is 4.68. The Morgan fingerprint density at radius 3 is 2.11 bits per heavy atom. The summed E-state index contributed by atoms with van der Waals surface area (Å²) in [7, 11) is 0. The van der Waals surface area contributed by atoms with Crippen LogP contribution in [-0.2, 0) is 0 Å². The molecule has 0 saturated heterocycles. The maximum Gasteiger partial charge on any atom is 0.139 e. The SMILES string of the molecule is Oc1ccc2sc3cc(-c4ccccc4)ccc3c2c1Nc1ccc(-n2c3ccccc3c3cc4ccccc4cc32)cc1. The molecule has 7 aromatic carbocycles. The van der Waals surface area contributed by atoms with Crippen LogP contribution >= 0.6 is 11.3 Å². The number of hydrogen-bond acceptors (Lipinski definition) is 3. The predicted octanol–water partition coefficient (Wildman–Crippen LogP) is 11.4. The zero-order chi connectivity index (χ0) is 29.2. The number of thiophene rings is 1. The Labute approximate surface area is 257 Å². The molecule has 0 bridgehead atoms. The lowest BCUT2D eigenvalue weighted by Crippen LogP contribution is -1.96. The monoisotopic (exact) mass is 582 g/mol. The van der Waals surface area contributed by atoms with E-state index in [1.807, 2.05) is 12.1 Å². The zero-order valence-electron chi connectivity index (χ0n) is 23.7. The van der Waals surface area contributed by atoms with Crippen molar-refractivity contribution in [2.24, 2.45) is 0 Å². The Kier molecular flexibility index (Phi) is 5.52. The van der Waals surface area contributed by atoms with E-state index in [0.717, 1.165) is 32.5 Å². The third-order valence-electron chi connectivity index (χ3n) is 8.66. The van der Waals surface area contributed by atoms with Gasteiger partial charge in [-0.1, -0.05) is 84.9 Å². The summed E-state index contributed by atoms with van der Waals surface area (Å²) in [4.78, 5) is 0. The summed E-state index contributed by atoms with van der Waals surface area (Å²) in [6, 6.07) is 51.1. The topological polar surface area (TPSA) is 37.2 Å². The van der Waals surface area contributed by atoms with Gasteiger partial charge in [0.2, 0.25) is 0 Å². The van der Waals surface area contributed by atoms with Gasteiger partial charge in [-0.3, -0.25) is 0 Å². The van der Waals surface area contributed by atoms with Crippen LogP contribution in [0.3, 0.4) is 0 Å². The van der Waals surface area contributed by atoms with Crippen LogP contribution in [0.5, 0.6) is 5.75 Å². The highest BCUT2D eigenvalue weighted by molar-refractivity contribution is 7.26. The highest BCUT2D eigenvalue weighted by atomic mass is 32.1. The number of aromatic nitrogens is 1. The van der Waals surface area contributed by atoms with Crippen molar-refractivity contribution >= 4 is 75.5 Å². The number of rotatable bonds is 4. The number of nitrogens with one attached hydrogen (secondary N) is 1. The van der Waals surface area contributed by atoms with Crippen molar-refractivity contribution in [1.29, 1.82) is 0 Å². The quantitative estimate of drug-likeness (QED) is 0.203. The van der Waals surface area contributed by atoms with Gasteiger partial charge in [-0.05, 0) is 82.6 Å². The fourth-order valence-electron chi connectivity index (χ4n) is 6.56. The minimum atomic E-state index is 0.239. The Morgan fingerprint density at radius 2 is 1.27 bits per heavy atom. The van der Waals surface area contributed by atoms with Gasteiger partial charge in [0.15, 0.2) is 0 Å². The van der Waals surface area contributed by atoms with Crippen molar-refractivity contribution in [3.05, 3.63) is 146 Å². The molecule has 0 aliphatic heterocycles. The number of para-hydroxylation sites is 1. The molecular weight excluding hydrogens is 557 g/mol. The normalized spacial score (nSPS) is 11.7. The van der Waals surface area contributed by atoms with E-state index < -0.39 is 0 Å².